The molecule has 5 nitrogen and oxygen atoms in total. The van der Waals surface area contributed by atoms with E-state index in [4.69, 9.17) is 14.0 Å². The smallest absolute Gasteiger partial charge is 0.494 e. The molecule has 128 valence electrons. The first kappa shape index (κ1) is 17.1. The van der Waals surface area contributed by atoms with E-state index >= 15 is 0 Å². The molecule has 1 fully saturated rings. The van der Waals surface area contributed by atoms with Crippen molar-refractivity contribution in [2.75, 3.05) is 6.61 Å². The molecule has 2 heterocycles. The average Bonchev–Trinajstić information content (AvgIpc) is 3.11. The number of hydrogen-bond acceptors (Lipinski definition) is 4. The molecule has 1 aliphatic rings. The van der Waals surface area contributed by atoms with Crippen LogP contribution in [0.1, 0.15) is 34.1 Å². The lowest BCUT2D eigenvalue weighted by Gasteiger charge is -2.32. The van der Waals surface area contributed by atoms with Gasteiger partial charge in [0, 0.05) is 18.9 Å². The van der Waals surface area contributed by atoms with Gasteiger partial charge in [0.05, 0.1) is 24.1 Å². The first-order valence-corrected chi connectivity index (χ1v) is 8.41. The van der Waals surface area contributed by atoms with Gasteiger partial charge in [-0.2, -0.15) is 0 Å². The maximum absolute atomic E-state index is 6.06. The first-order valence-electron chi connectivity index (χ1n) is 8.41. The van der Waals surface area contributed by atoms with Crippen LogP contribution >= 0.6 is 0 Å². The van der Waals surface area contributed by atoms with Crippen molar-refractivity contribution in [3.63, 3.8) is 0 Å². The van der Waals surface area contributed by atoms with Crippen LogP contribution in [0.5, 0.6) is 5.75 Å². The van der Waals surface area contributed by atoms with Crippen molar-refractivity contribution >= 4 is 12.6 Å². The third-order valence-corrected chi connectivity index (χ3v) is 4.79. The van der Waals surface area contributed by atoms with Gasteiger partial charge < -0.3 is 18.6 Å². The van der Waals surface area contributed by atoms with Crippen LogP contribution in [0.25, 0.3) is 0 Å². The Balaban J connectivity index is 1.51. The Morgan fingerprint density at radius 3 is 2.33 bits per heavy atom. The highest BCUT2D eigenvalue weighted by Crippen LogP contribution is 2.36. The van der Waals surface area contributed by atoms with E-state index in [0.29, 0.717) is 6.61 Å². The van der Waals surface area contributed by atoms with E-state index in [-0.39, 0.29) is 18.3 Å². The van der Waals surface area contributed by atoms with Gasteiger partial charge in [-0.25, -0.2) is 4.98 Å². The number of aryl methyl sites for hydroxylation is 1. The zero-order chi connectivity index (χ0) is 17.2. The van der Waals surface area contributed by atoms with Crippen LogP contribution in [0.2, 0.25) is 0 Å². The Labute approximate surface area is 144 Å². The van der Waals surface area contributed by atoms with E-state index in [1.165, 1.54) is 0 Å². The zero-order valence-electron chi connectivity index (χ0n) is 14.9. The highest BCUT2D eigenvalue weighted by molar-refractivity contribution is 6.62. The van der Waals surface area contributed by atoms with Crippen molar-refractivity contribution < 1.29 is 14.0 Å². The van der Waals surface area contributed by atoms with Crippen molar-refractivity contribution in [3.8, 4) is 5.75 Å². The van der Waals surface area contributed by atoms with E-state index in [9.17, 15) is 0 Å². The SMILES string of the molecule is CC1(C)OB(c2ccc(OCCCn3ccnc3)cc2)OC1(C)C. The molecule has 1 aliphatic heterocycles. The predicted octanol–water partition coefficient (Wildman–Crippen LogP) is 2.65. The van der Waals surface area contributed by atoms with Gasteiger partial charge in [0.15, 0.2) is 0 Å². The summed E-state index contributed by atoms with van der Waals surface area (Å²) in [7, 11) is -0.328. The minimum atomic E-state index is -0.328. The van der Waals surface area contributed by atoms with Gasteiger partial charge in [0.25, 0.3) is 0 Å². The minimum absolute atomic E-state index is 0.319. The summed E-state index contributed by atoms with van der Waals surface area (Å²) in [5, 5.41) is 0. The molecule has 0 atom stereocenters. The van der Waals surface area contributed by atoms with Crippen molar-refractivity contribution in [1.29, 1.82) is 0 Å². The standard InChI is InChI=1S/C18H25BN2O3/c1-17(2)18(3,4)24-19(23-17)15-6-8-16(9-7-15)22-13-5-11-21-12-10-20-14-21/h6-10,12,14H,5,11,13H2,1-4H3. The van der Waals surface area contributed by atoms with E-state index < -0.39 is 0 Å². The van der Waals surface area contributed by atoms with Crippen molar-refractivity contribution in [2.24, 2.45) is 0 Å². The molecule has 3 rings (SSSR count). The van der Waals surface area contributed by atoms with Gasteiger partial charge in [-0.3, -0.25) is 0 Å². The molecule has 1 aromatic carbocycles. The summed E-state index contributed by atoms with van der Waals surface area (Å²) in [6, 6.07) is 7.95. The maximum atomic E-state index is 6.06. The number of imidazole rings is 1. The van der Waals surface area contributed by atoms with Gasteiger partial charge in [0.1, 0.15) is 5.75 Å². The second kappa shape index (κ2) is 6.61. The number of hydrogen-bond donors (Lipinski definition) is 0. The van der Waals surface area contributed by atoms with Gasteiger partial charge in [-0.1, -0.05) is 12.1 Å². The lowest BCUT2D eigenvalue weighted by atomic mass is 9.79. The fourth-order valence-electron chi connectivity index (χ4n) is 2.56. The Morgan fingerprint density at radius 1 is 1.08 bits per heavy atom. The minimum Gasteiger partial charge on any atom is -0.494 e. The predicted molar refractivity (Wildman–Crippen MR) is 94.5 cm³/mol. The molecule has 0 spiro atoms. The number of aromatic nitrogens is 2. The molecule has 24 heavy (non-hydrogen) atoms. The van der Waals surface area contributed by atoms with Gasteiger partial charge in [0.2, 0.25) is 0 Å². The molecule has 1 aromatic heterocycles. The molecule has 0 bridgehead atoms. The number of ether oxygens (including phenoxy) is 1. The van der Waals surface area contributed by atoms with E-state index in [1.54, 1.807) is 6.20 Å². The molecule has 0 radical (unpaired) electrons. The molecule has 0 unspecified atom stereocenters. The molecule has 0 amide bonds. The van der Waals surface area contributed by atoms with Gasteiger partial charge in [-0.05, 0) is 51.7 Å². The van der Waals surface area contributed by atoms with Crippen LogP contribution in [0.3, 0.4) is 0 Å². The van der Waals surface area contributed by atoms with Gasteiger partial charge in [-0.15, -0.1) is 0 Å². The second-order valence-electron chi connectivity index (χ2n) is 7.16. The van der Waals surface area contributed by atoms with E-state index in [1.807, 2.05) is 41.4 Å². The number of rotatable bonds is 6. The maximum Gasteiger partial charge on any atom is 0.494 e. The largest absolute Gasteiger partial charge is 0.494 e. The molecular formula is C18H25BN2O3. The molecular weight excluding hydrogens is 303 g/mol. The monoisotopic (exact) mass is 328 g/mol. The van der Waals surface area contributed by atoms with Crippen LogP contribution in [-0.4, -0.2) is 34.5 Å². The molecule has 0 saturated carbocycles. The molecule has 2 aromatic rings. The van der Waals surface area contributed by atoms with Crippen LogP contribution < -0.4 is 10.2 Å². The molecule has 6 heteroatoms. The Bertz CT molecular complexity index is 637. The van der Waals surface area contributed by atoms with Crippen LogP contribution in [0.15, 0.2) is 43.0 Å². The van der Waals surface area contributed by atoms with Gasteiger partial charge >= 0.3 is 7.12 Å². The Kier molecular flexibility index (Phi) is 4.70. The quantitative estimate of drug-likeness (QED) is 0.604. The zero-order valence-corrected chi connectivity index (χ0v) is 14.9. The summed E-state index contributed by atoms with van der Waals surface area (Å²) in [4.78, 5) is 4.03. The van der Waals surface area contributed by atoms with Crippen molar-refractivity contribution in [3.05, 3.63) is 43.0 Å². The summed E-state index contributed by atoms with van der Waals surface area (Å²) in [5.41, 5.74) is 0.375. The summed E-state index contributed by atoms with van der Waals surface area (Å²) < 4.78 is 20.0. The highest BCUT2D eigenvalue weighted by Gasteiger charge is 2.51. The topological polar surface area (TPSA) is 45.5 Å². The summed E-state index contributed by atoms with van der Waals surface area (Å²) in [6.45, 7) is 9.82. The summed E-state index contributed by atoms with van der Waals surface area (Å²) in [6.07, 6.45) is 6.50. The Hall–Kier alpha value is -1.79. The Morgan fingerprint density at radius 2 is 1.75 bits per heavy atom. The van der Waals surface area contributed by atoms with Crippen LogP contribution in [0, 0.1) is 0 Å². The van der Waals surface area contributed by atoms with Crippen molar-refractivity contribution in [2.45, 2.75) is 51.9 Å². The molecule has 0 aliphatic carbocycles. The fourth-order valence-corrected chi connectivity index (χ4v) is 2.56. The first-order chi connectivity index (χ1) is 11.4. The van der Waals surface area contributed by atoms with Crippen LogP contribution in [-0.2, 0) is 15.9 Å². The van der Waals surface area contributed by atoms with E-state index in [2.05, 4.69) is 32.7 Å². The summed E-state index contributed by atoms with van der Waals surface area (Å²) in [5.74, 6) is 0.862. The molecule has 0 N–H and O–H groups in total. The third-order valence-electron chi connectivity index (χ3n) is 4.79. The molecule has 1 saturated heterocycles. The highest BCUT2D eigenvalue weighted by atomic mass is 16.7. The third kappa shape index (κ3) is 3.65. The van der Waals surface area contributed by atoms with Crippen LogP contribution in [0.4, 0.5) is 0 Å². The lowest BCUT2D eigenvalue weighted by Crippen LogP contribution is -2.41. The normalized spacial score (nSPS) is 18.8. The number of nitrogens with zero attached hydrogens (tertiary/aromatic N) is 2. The van der Waals surface area contributed by atoms with Crippen molar-refractivity contribution in [1.82, 2.24) is 9.55 Å². The van der Waals surface area contributed by atoms with E-state index in [0.717, 1.165) is 24.2 Å². The average molecular weight is 328 g/mol. The summed E-state index contributed by atoms with van der Waals surface area (Å²) >= 11 is 0. The lowest BCUT2D eigenvalue weighted by molar-refractivity contribution is 0.00578. The second-order valence-corrected chi connectivity index (χ2v) is 7.16. The number of benzene rings is 1. The fraction of sp³-hybridized carbons (Fsp3) is 0.500.